The predicted octanol–water partition coefficient (Wildman–Crippen LogP) is 6.76. The number of aliphatic hydroxyl groups is 1. The summed E-state index contributed by atoms with van der Waals surface area (Å²) >= 11 is 6.00. The molecule has 4 rings (SSSR count). The molecular weight excluding hydrogens is 481 g/mol. The predicted molar refractivity (Wildman–Crippen MR) is 139 cm³/mol. The van der Waals surface area contributed by atoms with Gasteiger partial charge in [-0.2, -0.15) is 0 Å². The van der Waals surface area contributed by atoms with Crippen molar-refractivity contribution in [3.63, 3.8) is 0 Å². The molecule has 0 radical (unpaired) electrons. The number of ether oxygens (including phenoxy) is 1. The largest absolute Gasteiger partial charge is 0.507 e. The lowest BCUT2D eigenvalue weighted by molar-refractivity contribution is -0.132. The molecular formula is C29H27ClFNO4. The van der Waals surface area contributed by atoms with E-state index in [1.54, 1.807) is 18.2 Å². The summed E-state index contributed by atoms with van der Waals surface area (Å²) in [7, 11) is 0. The molecule has 1 fully saturated rings. The lowest BCUT2D eigenvalue weighted by atomic mass is 9.94. The maximum Gasteiger partial charge on any atom is 0.300 e. The Labute approximate surface area is 214 Å². The van der Waals surface area contributed by atoms with Gasteiger partial charge in [-0.25, -0.2) is 4.39 Å². The van der Waals surface area contributed by atoms with Gasteiger partial charge < -0.3 is 9.84 Å². The van der Waals surface area contributed by atoms with Crippen LogP contribution >= 0.6 is 11.6 Å². The first-order chi connectivity index (χ1) is 17.1. The molecule has 1 N–H and O–H groups in total. The Kier molecular flexibility index (Phi) is 7.18. The second kappa shape index (κ2) is 10.2. The average Bonchev–Trinajstić information content (AvgIpc) is 3.12. The van der Waals surface area contributed by atoms with E-state index in [1.165, 1.54) is 17.0 Å². The molecule has 1 unspecified atom stereocenters. The summed E-state index contributed by atoms with van der Waals surface area (Å²) in [6.45, 7) is 7.70. The van der Waals surface area contributed by atoms with Crippen molar-refractivity contribution in [2.45, 2.75) is 46.3 Å². The molecule has 1 aliphatic heterocycles. The van der Waals surface area contributed by atoms with E-state index in [-0.39, 0.29) is 28.1 Å². The molecule has 186 valence electrons. The summed E-state index contributed by atoms with van der Waals surface area (Å²) in [6, 6.07) is 15.5. The molecule has 1 saturated heterocycles. The maximum atomic E-state index is 13.9. The van der Waals surface area contributed by atoms with E-state index in [0.717, 1.165) is 23.6 Å². The van der Waals surface area contributed by atoms with Crippen LogP contribution in [0.4, 0.5) is 10.1 Å². The molecule has 0 bridgehead atoms. The smallest absolute Gasteiger partial charge is 0.300 e. The number of amides is 1. The topological polar surface area (TPSA) is 66.8 Å². The lowest BCUT2D eigenvalue weighted by Gasteiger charge is -2.26. The highest BCUT2D eigenvalue weighted by Crippen LogP contribution is 2.43. The number of rotatable bonds is 6. The van der Waals surface area contributed by atoms with Crippen LogP contribution in [0.2, 0.25) is 5.02 Å². The molecule has 1 heterocycles. The molecule has 36 heavy (non-hydrogen) atoms. The number of benzene rings is 3. The van der Waals surface area contributed by atoms with Gasteiger partial charge >= 0.3 is 0 Å². The van der Waals surface area contributed by atoms with Crippen molar-refractivity contribution < 1.29 is 23.8 Å². The molecule has 0 aliphatic carbocycles. The number of hydrogen-bond acceptors (Lipinski definition) is 4. The molecule has 1 atom stereocenters. The fourth-order valence-electron chi connectivity index (χ4n) is 4.32. The minimum Gasteiger partial charge on any atom is -0.507 e. The number of halogens is 2. The first-order valence-electron chi connectivity index (χ1n) is 11.7. The van der Waals surface area contributed by atoms with Gasteiger partial charge in [-0.3, -0.25) is 14.5 Å². The summed E-state index contributed by atoms with van der Waals surface area (Å²) in [4.78, 5) is 27.8. The number of carbonyl (C=O) groups excluding carboxylic acids is 2. The van der Waals surface area contributed by atoms with Crippen LogP contribution in [0.15, 0.2) is 66.2 Å². The molecule has 1 aliphatic rings. The van der Waals surface area contributed by atoms with Crippen LogP contribution in [0.5, 0.6) is 5.75 Å². The molecule has 1 amide bonds. The highest BCUT2D eigenvalue weighted by molar-refractivity contribution is 6.51. The number of nitrogens with zero attached hydrogens (tertiary/aromatic N) is 1. The molecule has 7 heteroatoms. The second-order valence-corrected chi connectivity index (χ2v) is 9.42. The van der Waals surface area contributed by atoms with E-state index in [2.05, 4.69) is 0 Å². The molecule has 0 saturated carbocycles. The van der Waals surface area contributed by atoms with Gasteiger partial charge in [0.15, 0.2) is 0 Å². The van der Waals surface area contributed by atoms with Crippen LogP contribution in [0, 0.1) is 12.7 Å². The van der Waals surface area contributed by atoms with Crippen LogP contribution < -0.4 is 9.64 Å². The number of aliphatic hydroxyl groups excluding tert-OH is 1. The number of ketones is 1. The van der Waals surface area contributed by atoms with Crippen molar-refractivity contribution in [1.29, 1.82) is 0 Å². The van der Waals surface area contributed by atoms with E-state index in [1.807, 2.05) is 52.0 Å². The van der Waals surface area contributed by atoms with Gasteiger partial charge in [0.25, 0.3) is 11.7 Å². The SMILES string of the molecule is CCc1ccc(C2/C(=C(\O)c3ccc(OC(C)C)c(C)c3)C(=O)C(=O)N2c2ccc(F)c(Cl)c2)cc1. The monoisotopic (exact) mass is 507 g/mol. The second-order valence-electron chi connectivity index (χ2n) is 9.01. The highest BCUT2D eigenvalue weighted by Gasteiger charge is 2.47. The van der Waals surface area contributed by atoms with Crippen LogP contribution in [0.25, 0.3) is 5.76 Å². The zero-order valence-electron chi connectivity index (χ0n) is 20.5. The molecule has 0 spiro atoms. The Morgan fingerprint density at radius 2 is 1.78 bits per heavy atom. The molecule has 5 nitrogen and oxygen atoms in total. The third-order valence-electron chi connectivity index (χ3n) is 6.14. The third kappa shape index (κ3) is 4.73. The van der Waals surface area contributed by atoms with E-state index in [9.17, 15) is 19.1 Å². The van der Waals surface area contributed by atoms with Crippen LogP contribution in [-0.2, 0) is 16.0 Å². The zero-order valence-corrected chi connectivity index (χ0v) is 21.3. The first-order valence-corrected chi connectivity index (χ1v) is 12.1. The van der Waals surface area contributed by atoms with Gasteiger partial charge in [-0.1, -0.05) is 42.8 Å². The summed E-state index contributed by atoms with van der Waals surface area (Å²) < 4.78 is 19.7. The minimum atomic E-state index is -0.927. The number of carbonyl (C=O) groups is 2. The van der Waals surface area contributed by atoms with E-state index >= 15 is 0 Å². The van der Waals surface area contributed by atoms with Crippen molar-refractivity contribution in [2.24, 2.45) is 0 Å². The molecule has 3 aromatic rings. The van der Waals surface area contributed by atoms with E-state index in [4.69, 9.17) is 16.3 Å². The lowest BCUT2D eigenvalue weighted by Crippen LogP contribution is -2.29. The Bertz CT molecular complexity index is 1360. The zero-order chi connectivity index (χ0) is 26.1. The van der Waals surface area contributed by atoms with Crippen LogP contribution in [0.3, 0.4) is 0 Å². The number of hydrogen-bond donors (Lipinski definition) is 1. The Balaban J connectivity index is 1.90. The van der Waals surface area contributed by atoms with Gasteiger partial charge in [0.1, 0.15) is 17.3 Å². The first kappa shape index (κ1) is 25.5. The molecule has 0 aromatic heterocycles. The van der Waals surface area contributed by atoms with Crippen LogP contribution in [0.1, 0.15) is 49.1 Å². The summed E-state index contributed by atoms with van der Waals surface area (Å²) in [5, 5.41) is 11.2. The highest BCUT2D eigenvalue weighted by atomic mass is 35.5. The minimum absolute atomic E-state index is 0.0258. The summed E-state index contributed by atoms with van der Waals surface area (Å²) in [5.74, 6) is -1.94. The number of aryl methyl sites for hydroxylation is 2. The van der Waals surface area contributed by atoms with Crippen molar-refractivity contribution in [1.82, 2.24) is 0 Å². The van der Waals surface area contributed by atoms with Crippen molar-refractivity contribution in [3.05, 3.63) is 99.3 Å². The summed E-state index contributed by atoms with van der Waals surface area (Å²) in [6.07, 6.45) is 0.792. The van der Waals surface area contributed by atoms with Crippen molar-refractivity contribution in [3.8, 4) is 5.75 Å². The van der Waals surface area contributed by atoms with Gasteiger partial charge in [-0.05, 0) is 80.3 Å². The summed E-state index contributed by atoms with van der Waals surface area (Å²) in [5.41, 5.74) is 3.07. The number of Topliss-reactive ketones (excluding diaryl/α,β-unsaturated/α-hetero) is 1. The van der Waals surface area contributed by atoms with Crippen molar-refractivity contribution >= 4 is 34.7 Å². The Hall–Kier alpha value is -3.64. The Morgan fingerprint density at radius 3 is 2.36 bits per heavy atom. The average molecular weight is 508 g/mol. The number of anilines is 1. The quantitative estimate of drug-likeness (QED) is 0.227. The third-order valence-corrected chi connectivity index (χ3v) is 6.43. The van der Waals surface area contributed by atoms with Gasteiger partial charge in [0.2, 0.25) is 0 Å². The van der Waals surface area contributed by atoms with E-state index < -0.39 is 23.5 Å². The fourth-order valence-corrected chi connectivity index (χ4v) is 4.50. The van der Waals surface area contributed by atoms with Gasteiger partial charge in [0.05, 0.1) is 22.7 Å². The van der Waals surface area contributed by atoms with Gasteiger partial charge in [-0.15, -0.1) is 0 Å². The Morgan fingerprint density at radius 1 is 1.08 bits per heavy atom. The normalized spacial score (nSPS) is 17.2. The maximum absolute atomic E-state index is 13.9. The van der Waals surface area contributed by atoms with E-state index in [0.29, 0.717) is 16.9 Å². The standard InChI is InChI=1S/C29H27ClFNO4/c1-5-18-6-8-19(9-7-18)26-25(27(33)20-10-13-24(17(4)14-20)36-16(2)3)28(34)29(35)32(26)21-11-12-23(31)22(30)15-21/h6-16,26,33H,5H2,1-4H3/b27-25+. The van der Waals surface area contributed by atoms with Crippen molar-refractivity contribution in [2.75, 3.05) is 4.90 Å². The van der Waals surface area contributed by atoms with Crippen LogP contribution in [-0.4, -0.2) is 22.9 Å². The molecule has 3 aromatic carbocycles. The van der Waals surface area contributed by atoms with Gasteiger partial charge in [0, 0.05) is 11.3 Å². The fraction of sp³-hybridized carbons (Fsp3) is 0.241.